The third kappa shape index (κ3) is 2.87. The maximum Gasteiger partial charge on any atom is 0.237 e. The molecule has 7 heteroatoms. The Bertz CT molecular complexity index is 685. The molecular weight excluding hydrogens is 282 g/mol. The van der Waals surface area contributed by atoms with Gasteiger partial charge in [-0.3, -0.25) is 0 Å². The van der Waals surface area contributed by atoms with E-state index in [1.807, 2.05) is 0 Å². The molecule has 2 N–H and O–H groups in total. The lowest BCUT2D eigenvalue weighted by molar-refractivity contribution is 0.110. The molecule has 0 saturated carbocycles. The Kier molecular flexibility index (Phi) is 3.94. The monoisotopic (exact) mass is 299 g/mol. The molecule has 22 heavy (non-hydrogen) atoms. The van der Waals surface area contributed by atoms with Crippen molar-refractivity contribution < 1.29 is 9.15 Å². The van der Waals surface area contributed by atoms with Gasteiger partial charge in [0.15, 0.2) is 5.76 Å². The molecule has 1 aliphatic heterocycles. The van der Waals surface area contributed by atoms with E-state index in [-0.39, 0.29) is 23.5 Å². The number of ether oxygens (including phenoxy) is 1. The van der Waals surface area contributed by atoms with E-state index in [2.05, 4.69) is 28.0 Å². The summed E-state index contributed by atoms with van der Waals surface area (Å²) < 4.78 is 11.2. The second-order valence-corrected chi connectivity index (χ2v) is 5.32. The van der Waals surface area contributed by atoms with Crippen LogP contribution >= 0.6 is 0 Å². The molecule has 2 aromatic heterocycles. The SMILES string of the molecule is CN1CCC(Oc2nc(N)nc(-c3ccco3)c2C#N)CC1. The molecule has 1 fully saturated rings. The van der Waals surface area contributed by atoms with Crippen LogP contribution in [0, 0.1) is 11.3 Å². The van der Waals surface area contributed by atoms with Gasteiger partial charge >= 0.3 is 0 Å². The molecule has 0 aromatic carbocycles. The van der Waals surface area contributed by atoms with E-state index >= 15 is 0 Å². The van der Waals surface area contributed by atoms with Crippen LogP contribution in [0.3, 0.4) is 0 Å². The van der Waals surface area contributed by atoms with Gasteiger partial charge in [-0.05, 0) is 32.0 Å². The van der Waals surface area contributed by atoms with Crippen molar-refractivity contribution >= 4 is 5.95 Å². The van der Waals surface area contributed by atoms with Crippen LogP contribution in [0.5, 0.6) is 5.88 Å². The number of nitrogens with two attached hydrogens (primary N) is 1. The number of hydrogen-bond acceptors (Lipinski definition) is 7. The summed E-state index contributed by atoms with van der Waals surface area (Å²) in [5, 5.41) is 9.46. The topological polar surface area (TPSA) is 101 Å². The van der Waals surface area contributed by atoms with E-state index in [1.165, 1.54) is 6.26 Å². The Hall–Kier alpha value is -2.59. The Morgan fingerprint density at radius 3 is 2.82 bits per heavy atom. The van der Waals surface area contributed by atoms with Crippen molar-refractivity contribution in [2.45, 2.75) is 18.9 Å². The second kappa shape index (κ2) is 6.03. The normalized spacial score (nSPS) is 16.4. The molecule has 3 heterocycles. The Morgan fingerprint density at radius 1 is 1.41 bits per heavy atom. The number of nitrogen functional groups attached to an aromatic ring is 1. The first-order valence-corrected chi connectivity index (χ1v) is 7.14. The minimum absolute atomic E-state index is 0.0297. The summed E-state index contributed by atoms with van der Waals surface area (Å²) in [7, 11) is 2.08. The van der Waals surface area contributed by atoms with Crippen molar-refractivity contribution in [3.8, 4) is 23.4 Å². The van der Waals surface area contributed by atoms with Gasteiger partial charge in [-0.2, -0.15) is 10.2 Å². The van der Waals surface area contributed by atoms with Crippen LogP contribution in [0.1, 0.15) is 18.4 Å². The number of aromatic nitrogens is 2. The molecule has 0 radical (unpaired) electrons. The number of nitrogens with zero attached hydrogens (tertiary/aromatic N) is 4. The molecule has 0 amide bonds. The zero-order chi connectivity index (χ0) is 15.5. The van der Waals surface area contributed by atoms with Crippen molar-refractivity contribution in [1.29, 1.82) is 5.26 Å². The number of anilines is 1. The van der Waals surface area contributed by atoms with Gasteiger partial charge in [0, 0.05) is 13.1 Å². The van der Waals surface area contributed by atoms with Crippen LogP contribution in [0.15, 0.2) is 22.8 Å². The van der Waals surface area contributed by atoms with Crippen molar-refractivity contribution in [3.05, 3.63) is 24.0 Å². The number of furan rings is 1. The lowest BCUT2D eigenvalue weighted by Gasteiger charge is -2.29. The van der Waals surface area contributed by atoms with Gasteiger partial charge in [0.2, 0.25) is 11.8 Å². The van der Waals surface area contributed by atoms with Gasteiger partial charge in [0.1, 0.15) is 23.4 Å². The molecule has 0 unspecified atom stereocenters. The third-order valence-corrected chi connectivity index (χ3v) is 3.70. The van der Waals surface area contributed by atoms with Crippen molar-refractivity contribution in [2.75, 3.05) is 25.9 Å². The summed E-state index contributed by atoms with van der Waals surface area (Å²) in [6, 6.07) is 5.55. The van der Waals surface area contributed by atoms with Gasteiger partial charge in [-0.15, -0.1) is 0 Å². The van der Waals surface area contributed by atoms with E-state index in [1.54, 1.807) is 12.1 Å². The van der Waals surface area contributed by atoms with Gasteiger partial charge in [0.25, 0.3) is 0 Å². The first-order valence-electron chi connectivity index (χ1n) is 7.14. The van der Waals surface area contributed by atoms with Crippen LogP contribution in [0.25, 0.3) is 11.5 Å². The highest BCUT2D eigenvalue weighted by molar-refractivity contribution is 5.66. The van der Waals surface area contributed by atoms with Gasteiger partial charge < -0.3 is 19.8 Å². The summed E-state index contributed by atoms with van der Waals surface area (Å²) in [5.74, 6) is 0.767. The second-order valence-electron chi connectivity index (χ2n) is 5.32. The average Bonchev–Trinajstić information content (AvgIpc) is 3.03. The summed E-state index contributed by atoms with van der Waals surface area (Å²) in [4.78, 5) is 10.5. The van der Waals surface area contributed by atoms with Crippen LogP contribution in [0.4, 0.5) is 5.95 Å². The van der Waals surface area contributed by atoms with Gasteiger partial charge in [-0.1, -0.05) is 0 Å². The highest BCUT2D eigenvalue weighted by Crippen LogP contribution is 2.29. The highest BCUT2D eigenvalue weighted by Gasteiger charge is 2.23. The highest BCUT2D eigenvalue weighted by atomic mass is 16.5. The first kappa shape index (κ1) is 14.4. The van der Waals surface area contributed by atoms with E-state index in [4.69, 9.17) is 14.9 Å². The van der Waals surface area contributed by atoms with Crippen molar-refractivity contribution in [3.63, 3.8) is 0 Å². The molecule has 1 saturated heterocycles. The fourth-order valence-corrected chi connectivity index (χ4v) is 2.49. The minimum Gasteiger partial charge on any atom is -0.473 e. The average molecular weight is 299 g/mol. The largest absolute Gasteiger partial charge is 0.473 e. The maximum absolute atomic E-state index is 9.46. The van der Waals surface area contributed by atoms with E-state index in [9.17, 15) is 5.26 Å². The fourth-order valence-electron chi connectivity index (χ4n) is 2.49. The summed E-state index contributed by atoms with van der Waals surface area (Å²) in [6.07, 6.45) is 3.33. The lowest BCUT2D eigenvalue weighted by atomic mass is 10.1. The Morgan fingerprint density at radius 2 is 2.18 bits per heavy atom. The zero-order valence-electron chi connectivity index (χ0n) is 12.3. The van der Waals surface area contributed by atoms with Crippen molar-refractivity contribution in [2.24, 2.45) is 0 Å². The summed E-state index contributed by atoms with van der Waals surface area (Å²) >= 11 is 0. The standard InChI is InChI=1S/C15H17N5O2/c1-20-6-4-10(5-7-20)22-14-11(9-16)13(18-15(17)19-14)12-3-2-8-21-12/h2-3,8,10H,4-7H2,1H3,(H2,17,18,19). The molecule has 2 aromatic rings. The molecule has 0 atom stereocenters. The molecule has 0 spiro atoms. The van der Waals surface area contributed by atoms with E-state index in [0.29, 0.717) is 11.5 Å². The summed E-state index contributed by atoms with van der Waals surface area (Å²) in [6.45, 7) is 1.91. The van der Waals surface area contributed by atoms with Crippen LogP contribution in [-0.4, -0.2) is 41.1 Å². The fraction of sp³-hybridized carbons (Fsp3) is 0.400. The zero-order valence-corrected chi connectivity index (χ0v) is 12.3. The number of hydrogen-bond donors (Lipinski definition) is 1. The van der Waals surface area contributed by atoms with E-state index in [0.717, 1.165) is 25.9 Å². The first-order chi connectivity index (χ1) is 10.7. The molecule has 7 nitrogen and oxygen atoms in total. The van der Waals surface area contributed by atoms with Crippen LogP contribution < -0.4 is 10.5 Å². The van der Waals surface area contributed by atoms with Crippen molar-refractivity contribution in [1.82, 2.24) is 14.9 Å². The number of nitriles is 1. The smallest absolute Gasteiger partial charge is 0.237 e. The molecular formula is C15H17N5O2. The van der Waals surface area contributed by atoms with E-state index < -0.39 is 0 Å². The van der Waals surface area contributed by atoms with Gasteiger partial charge in [0.05, 0.1) is 6.26 Å². The Balaban J connectivity index is 1.92. The minimum atomic E-state index is 0.0297. The Labute approximate surface area is 128 Å². The number of piperidine rings is 1. The molecule has 1 aliphatic rings. The number of likely N-dealkylation sites (tertiary alicyclic amines) is 1. The predicted octanol–water partition coefficient (Wildman–Crippen LogP) is 1.66. The quantitative estimate of drug-likeness (QED) is 0.919. The molecule has 3 rings (SSSR count). The summed E-state index contributed by atoms with van der Waals surface area (Å²) in [5.41, 5.74) is 6.37. The van der Waals surface area contributed by atoms with Gasteiger partial charge in [-0.25, -0.2) is 4.98 Å². The lowest BCUT2D eigenvalue weighted by Crippen LogP contribution is -2.36. The van der Waals surface area contributed by atoms with Crippen LogP contribution in [-0.2, 0) is 0 Å². The molecule has 114 valence electrons. The predicted molar refractivity (Wildman–Crippen MR) is 80.0 cm³/mol. The third-order valence-electron chi connectivity index (χ3n) is 3.70. The molecule has 0 bridgehead atoms. The molecule has 0 aliphatic carbocycles. The maximum atomic E-state index is 9.46. The van der Waals surface area contributed by atoms with Crippen LogP contribution in [0.2, 0.25) is 0 Å². The number of rotatable bonds is 3.